The molecule has 110 valence electrons. The van der Waals surface area contributed by atoms with Crippen LogP contribution in [-0.2, 0) is 16.8 Å². The summed E-state index contributed by atoms with van der Waals surface area (Å²) in [7, 11) is 1.88. The minimum absolute atomic E-state index is 0.189. The summed E-state index contributed by atoms with van der Waals surface area (Å²) in [6.45, 7) is 0.650. The number of thiophene rings is 1. The van der Waals surface area contributed by atoms with E-state index in [0.29, 0.717) is 11.6 Å². The van der Waals surface area contributed by atoms with Gasteiger partial charge in [-0.2, -0.15) is 0 Å². The summed E-state index contributed by atoms with van der Waals surface area (Å²) >= 11 is 11.2. The van der Waals surface area contributed by atoms with Crippen molar-refractivity contribution in [1.82, 2.24) is 4.90 Å². The molecule has 1 amide bonds. The van der Waals surface area contributed by atoms with E-state index in [2.05, 4.69) is 22.0 Å². The lowest BCUT2D eigenvalue weighted by atomic mass is 9.94. The van der Waals surface area contributed by atoms with Gasteiger partial charge in [0.25, 0.3) is 0 Å². The van der Waals surface area contributed by atoms with Gasteiger partial charge in [0.05, 0.1) is 12.0 Å². The lowest BCUT2D eigenvalue weighted by molar-refractivity contribution is -0.133. The first-order valence-corrected chi connectivity index (χ1v) is 8.81. The number of rotatable bonds is 4. The van der Waals surface area contributed by atoms with Crippen LogP contribution in [0.5, 0.6) is 0 Å². The fraction of sp³-hybridized carbons (Fsp3) is 0.312. The standard InChI is InChI=1S/C16H15BrClNOS/c1-19(9-14-8-12(17)10-21-14)15(20)16(5-6-16)11-3-2-4-13(18)7-11/h2-4,7-8,10H,5-6,9H2,1H3. The van der Waals surface area contributed by atoms with E-state index in [1.807, 2.05) is 41.6 Å². The Balaban J connectivity index is 1.78. The maximum atomic E-state index is 12.8. The van der Waals surface area contributed by atoms with Gasteiger partial charge < -0.3 is 4.90 Å². The second kappa shape index (κ2) is 5.75. The van der Waals surface area contributed by atoms with Crippen LogP contribution in [0.15, 0.2) is 40.2 Å². The summed E-state index contributed by atoms with van der Waals surface area (Å²) in [4.78, 5) is 15.8. The molecule has 1 aliphatic carbocycles. The zero-order chi connectivity index (χ0) is 15.0. The Bertz CT molecular complexity index is 680. The Morgan fingerprint density at radius 2 is 2.19 bits per heavy atom. The van der Waals surface area contributed by atoms with E-state index >= 15 is 0 Å². The second-order valence-corrected chi connectivity index (χ2v) is 7.83. The Morgan fingerprint density at radius 3 is 2.76 bits per heavy atom. The van der Waals surface area contributed by atoms with E-state index < -0.39 is 0 Å². The second-order valence-electron chi connectivity index (χ2n) is 5.48. The highest BCUT2D eigenvalue weighted by Gasteiger charge is 2.52. The van der Waals surface area contributed by atoms with Gasteiger partial charge in [-0.3, -0.25) is 4.79 Å². The van der Waals surface area contributed by atoms with Crippen LogP contribution in [0.1, 0.15) is 23.3 Å². The summed E-state index contributed by atoms with van der Waals surface area (Å²) in [5, 5.41) is 2.73. The Hall–Kier alpha value is -0.840. The molecule has 1 aromatic carbocycles. The first-order chi connectivity index (χ1) is 10.0. The molecule has 5 heteroatoms. The van der Waals surface area contributed by atoms with Gasteiger partial charge in [0, 0.05) is 26.8 Å². The highest BCUT2D eigenvalue weighted by atomic mass is 79.9. The van der Waals surface area contributed by atoms with Gasteiger partial charge >= 0.3 is 0 Å². The smallest absolute Gasteiger partial charge is 0.233 e. The molecular weight excluding hydrogens is 370 g/mol. The average Bonchev–Trinajstić information content (AvgIpc) is 3.17. The van der Waals surface area contributed by atoms with Gasteiger partial charge in [-0.05, 0) is 52.5 Å². The van der Waals surface area contributed by atoms with E-state index in [4.69, 9.17) is 11.6 Å². The van der Waals surface area contributed by atoms with Crippen molar-refractivity contribution in [3.63, 3.8) is 0 Å². The molecule has 0 spiro atoms. The first kappa shape index (κ1) is 15.1. The fourth-order valence-corrected chi connectivity index (χ4v) is 4.34. The number of carbonyl (C=O) groups is 1. The maximum Gasteiger partial charge on any atom is 0.233 e. The van der Waals surface area contributed by atoms with Crippen molar-refractivity contribution in [2.24, 2.45) is 0 Å². The molecule has 0 bridgehead atoms. The molecule has 0 unspecified atom stereocenters. The zero-order valence-corrected chi connectivity index (χ0v) is 14.8. The third kappa shape index (κ3) is 3.03. The molecule has 1 heterocycles. The van der Waals surface area contributed by atoms with Gasteiger partial charge in [0.2, 0.25) is 5.91 Å². The summed E-state index contributed by atoms with van der Waals surface area (Å²) in [6.07, 6.45) is 1.81. The summed E-state index contributed by atoms with van der Waals surface area (Å²) < 4.78 is 1.07. The van der Waals surface area contributed by atoms with Gasteiger partial charge in [0.1, 0.15) is 0 Å². The highest BCUT2D eigenvalue weighted by Crippen LogP contribution is 2.50. The van der Waals surface area contributed by atoms with E-state index in [1.165, 1.54) is 4.88 Å². The van der Waals surface area contributed by atoms with Crippen LogP contribution in [0.3, 0.4) is 0 Å². The van der Waals surface area contributed by atoms with Gasteiger partial charge in [-0.25, -0.2) is 0 Å². The number of benzene rings is 1. The summed E-state index contributed by atoms with van der Waals surface area (Å²) in [5.74, 6) is 0.189. The van der Waals surface area contributed by atoms with Crippen molar-refractivity contribution in [2.75, 3.05) is 7.05 Å². The van der Waals surface area contributed by atoms with Gasteiger partial charge in [-0.1, -0.05) is 23.7 Å². The predicted octanol–water partition coefficient (Wildman–Crippen LogP) is 4.85. The summed E-state index contributed by atoms with van der Waals surface area (Å²) in [5.41, 5.74) is 0.688. The van der Waals surface area contributed by atoms with E-state index in [-0.39, 0.29) is 11.3 Å². The largest absolute Gasteiger partial charge is 0.340 e. The molecule has 0 atom stereocenters. The molecular formula is C16H15BrClNOS. The molecule has 1 aromatic heterocycles. The number of nitrogens with zero attached hydrogens (tertiary/aromatic N) is 1. The van der Waals surface area contributed by atoms with Gasteiger partial charge in [0.15, 0.2) is 0 Å². The van der Waals surface area contributed by atoms with Crippen LogP contribution in [0.4, 0.5) is 0 Å². The van der Waals surface area contributed by atoms with Gasteiger partial charge in [-0.15, -0.1) is 11.3 Å². The first-order valence-electron chi connectivity index (χ1n) is 6.76. The number of carbonyl (C=O) groups excluding carboxylic acids is 1. The molecule has 0 radical (unpaired) electrons. The minimum atomic E-state index is -0.353. The molecule has 0 aliphatic heterocycles. The van der Waals surface area contributed by atoms with Crippen molar-refractivity contribution < 1.29 is 4.79 Å². The fourth-order valence-electron chi connectivity index (χ4n) is 2.64. The highest BCUT2D eigenvalue weighted by molar-refractivity contribution is 9.10. The molecule has 2 aromatic rings. The van der Waals surface area contributed by atoms with Crippen LogP contribution in [0.25, 0.3) is 0 Å². The average molecular weight is 385 g/mol. The maximum absolute atomic E-state index is 12.8. The molecule has 1 fully saturated rings. The predicted molar refractivity (Wildman–Crippen MR) is 90.9 cm³/mol. The molecule has 0 N–H and O–H groups in total. The van der Waals surface area contributed by atoms with Crippen LogP contribution < -0.4 is 0 Å². The van der Waals surface area contributed by atoms with Crippen LogP contribution in [0, 0.1) is 0 Å². The molecule has 2 nitrogen and oxygen atoms in total. The lowest BCUT2D eigenvalue weighted by Crippen LogP contribution is -2.35. The van der Waals surface area contributed by atoms with Crippen molar-refractivity contribution in [3.8, 4) is 0 Å². The van der Waals surface area contributed by atoms with E-state index in [1.54, 1.807) is 11.3 Å². The normalized spacial score (nSPS) is 15.8. The van der Waals surface area contributed by atoms with Crippen molar-refractivity contribution >= 4 is 44.8 Å². The monoisotopic (exact) mass is 383 g/mol. The quantitative estimate of drug-likeness (QED) is 0.737. The number of halogens is 2. The third-order valence-electron chi connectivity index (χ3n) is 3.90. The SMILES string of the molecule is CN(Cc1cc(Br)cs1)C(=O)C1(c2cccc(Cl)c2)CC1. The molecule has 1 saturated carbocycles. The minimum Gasteiger partial charge on any atom is -0.340 e. The molecule has 21 heavy (non-hydrogen) atoms. The van der Waals surface area contributed by atoms with Crippen molar-refractivity contribution in [1.29, 1.82) is 0 Å². The van der Waals surface area contributed by atoms with Crippen LogP contribution in [-0.4, -0.2) is 17.9 Å². The molecule has 1 aliphatic rings. The van der Waals surface area contributed by atoms with E-state index in [9.17, 15) is 4.79 Å². The third-order valence-corrected chi connectivity index (χ3v) is 5.82. The Labute approximate surface area is 141 Å². The van der Waals surface area contributed by atoms with E-state index in [0.717, 1.165) is 22.9 Å². The Morgan fingerprint density at radius 1 is 1.43 bits per heavy atom. The number of hydrogen-bond acceptors (Lipinski definition) is 2. The number of likely N-dealkylation sites (N-methyl/N-ethyl adjacent to an activating group) is 1. The number of hydrogen-bond donors (Lipinski definition) is 0. The van der Waals surface area contributed by atoms with Crippen molar-refractivity contribution in [3.05, 3.63) is 55.6 Å². The Kier molecular flexibility index (Phi) is 4.12. The number of amides is 1. The van der Waals surface area contributed by atoms with Crippen LogP contribution >= 0.6 is 38.9 Å². The molecule has 0 saturated heterocycles. The lowest BCUT2D eigenvalue weighted by Gasteiger charge is -2.23. The van der Waals surface area contributed by atoms with Crippen LogP contribution in [0.2, 0.25) is 5.02 Å². The van der Waals surface area contributed by atoms with Crippen molar-refractivity contribution in [2.45, 2.75) is 24.8 Å². The topological polar surface area (TPSA) is 20.3 Å². The molecule has 3 rings (SSSR count). The zero-order valence-electron chi connectivity index (χ0n) is 11.6. The summed E-state index contributed by atoms with van der Waals surface area (Å²) in [6, 6.07) is 9.75.